The molecule has 4 rings (SSSR count). The lowest BCUT2D eigenvalue weighted by molar-refractivity contribution is -0.116. The molecule has 2 heterocycles. The lowest BCUT2D eigenvalue weighted by Crippen LogP contribution is -2.25. The first-order valence-corrected chi connectivity index (χ1v) is 10.6. The molecule has 0 atom stereocenters. The highest BCUT2D eigenvalue weighted by molar-refractivity contribution is 6.10. The fraction of sp³-hybridized carbons (Fsp3) is 0.154. The molecule has 0 aliphatic carbocycles. The van der Waals surface area contributed by atoms with Crippen molar-refractivity contribution in [3.05, 3.63) is 105 Å². The minimum Gasteiger partial charge on any atom is -0.325 e. The van der Waals surface area contributed by atoms with Gasteiger partial charge in [0.2, 0.25) is 11.3 Å². The van der Waals surface area contributed by atoms with Crippen LogP contribution in [0.2, 0.25) is 0 Å². The summed E-state index contributed by atoms with van der Waals surface area (Å²) in [5, 5.41) is 3.06. The van der Waals surface area contributed by atoms with Crippen LogP contribution in [0.3, 0.4) is 0 Å². The molecular formula is C26H22FN3O3. The molecule has 0 saturated heterocycles. The van der Waals surface area contributed by atoms with Crippen LogP contribution in [0, 0.1) is 12.7 Å². The van der Waals surface area contributed by atoms with Crippen molar-refractivity contribution in [1.82, 2.24) is 9.55 Å². The summed E-state index contributed by atoms with van der Waals surface area (Å²) in [5.41, 5.74) is 2.37. The number of benzene rings is 2. The summed E-state index contributed by atoms with van der Waals surface area (Å²) in [5.74, 6) is -1.36. The second kappa shape index (κ2) is 9.16. The van der Waals surface area contributed by atoms with Gasteiger partial charge in [-0.1, -0.05) is 19.1 Å². The average Bonchev–Trinajstić information content (AvgIpc) is 2.81. The van der Waals surface area contributed by atoms with Gasteiger partial charge in [-0.2, -0.15) is 0 Å². The Bertz CT molecular complexity index is 1410. The molecule has 1 N–H and O–H groups in total. The standard InChI is InChI=1S/C26H22FN3O3/c1-3-17-5-11-20(12-6-17)29-23(31)15-30-14-22(24(32)18-7-9-19(27)10-8-18)25(33)21-13-4-16(2)28-26(21)30/h4-14H,3,15H2,1-2H3,(H,29,31). The summed E-state index contributed by atoms with van der Waals surface area (Å²) < 4.78 is 14.8. The van der Waals surface area contributed by atoms with Crippen molar-refractivity contribution < 1.29 is 14.0 Å². The zero-order valence-electron chi connectivity index (χ0n) is 18.3. The fourth-order valence-corrected chi connectivity index (χ4v) is 3.58. The first-order valence-electron chi connectivity index (χ1n) is 10.6. The van der Waals surface area contributed by atoms with Gasteiger partial charge in [0.15, 0.2) is 5.78 Å². The minimum atomic E-state index is -0.549. The van der Waals surface area contributed by atoms with Gasteiger partial charge in [0.25, 0.3) is 0 Å². The van der Waals surface area contributed by atoms with E-state index in [9.17, 15) is 18.8 Å². The van der Waals surface area contributed by atoms with Gasteiger partial charge in [-0.3, -0.25) is 14.4 Å². The number of rotatable bonds is 6. The van der Waals surface area contributed by atoms with Gasteiger partial charge in [-0.05, 0) is 67.4 Å². The Hall–Kier alpha value is -4.13. The maximum atomic E-state index is 13.3. The van der Waals surface area contributed by atoms with Crippen LogP contribution in [-0.2, 0) is 17.8 Å². The molecule has 6 nitrogen and oxygen atoms in total. The van der Waals surface area contributed by atoms with Crippen LogP contribution in [0.4, 0.5) is 10.1 Å². The Labute approximate surface area is 189 Å². The van der Waals surface area contributed by atoms with E-state index < -0.39 is 17.0 Å². The first-order chi connectivity index (χ1) is 15.9. The number of amides is 1. The van der Waals surface area contributed by atoms with Crippen LogP contribution in [0.15, 0.2) is 71.7 Å². The van der Waals surface area contributed by atoms with E-state index in [-0.39, 0.29) is 29.0 Å². The number of pyridine rings is 2. The van der Waals surface area contributed by atoms with Gasteiger partial charge in [0.1, 0.15) is 18.0 Å². The summed E-state index contributed by atoms with van der Waals surface area (Å²) >= 11 is 0. The van der Waals surface area contributed by atoms with Gasteiger partial charge in [-0.25, -0.2) is 9.37 Å². The predicted molar refractivity (Wildman–Crippen MR) is 125 cm³/mol. The quantitative estimate of drug-likeness (QED) is 0.451. The Balaban J connectivity index is 1.72. The molecule has 2 aromatic heterocycles. The lowest BCUT2D eigenvalue weighted by Gasteiger charge is -2.13. The van der Waals surface area contributed by atoms with Gasteiger partial charge >= 0.3 is 0 Å². The van der Waals surface area contributed by atoms with Gasteiger partial charge in [0, 0.05) is 23.1 Å². The summed E-state index contributed by atoms with van der Waals surface area (Å²) in [4.78, 5) is 43.3. The zero-order chi connectivity index (χ0) is 23.5. The molecule has 166 valence electrons. The van der Waals surface area contributed by atoms with Crippen molar-refractivity contribution in [1.29, 1.82) is 0 Å². The number of fused-ring (bicyclic) bond motifs is 1. The van der Waals surface area contributed by atoms with Crippen LogP contribution < -0.4 is 10.7 Å². The van der Waals surface area contributed by atoms with Crippen molar-refractivity contribution in [3.8, 4) is 0 Å². The lowest BCUT2D eigenvalue weighted by atomic mass is 10.0. The minimum absolute atomic E-state index is 0.111. The maximum absolute atomic E-state index is 13.3. The molecule has 2 aromatic carbocycles. The third-order valence-electron chi connectivity index (χ3n) is 5.37. The molecule has 0 radical (unpaired) electrons. The van der Waals surface area contributed by atoms with E-state index in [1.165, 1.54) is 22.9 Å². The zero-order valence-corrected chi connectivity index (χ0v) is 18.3. The van der Waals surface area contributed by atoms with E-state index in [0.717, 1.165) is 24.1 Å². The average molecular weight is 443 g/mol. The number of anilines is 1. The summed E-state index contributed by atoms with van der Waals surface area (Å²) in [6.07, 6.45) is 2.25. The molecule has 0 unspecified atom stereocenters. The summed E-state index contributed by atoms with van der Waals surface area (Å²) in [6.45, 7) is 3.68. The second-order valence-corrected chi connectivity index (χ2v) is 7.76. The molecule has 1 amide bonds. The number of carbonyl (C=O) groups excluding carboxylic acids is 2. The van der Waals surface area contributed by atoms with Gasteiger partial charge in [-0.15, -0.1) is 0 Å². The van der Waals surface area contributed by atoms with E-state index in [0.29, 0.717) is 17.0 Å². The van der Waals surface area contributed by atoms with E-state index in [1.807, 2.05) is 24.3 Å². The van der Waals surface area contributed by atoms with Crippen LogP contribution in [0.5, 0.6) is 0 Å². The monoisotopic (exact) mass is 443 g/mol. The highest BCUT2D eigenvalue weighted by Gasteiger charge is 2.19. The summed E-state index contributed by atoms with van der Waals surface area (Å²) in [7, 11) is 0. The van der Waals surface area contributed by atoms with Gasteiger partial charge in [0.05, 0.1) is 10.9 Å². The molecule has 7 heteroatoms. The first kappa shape index (κ1) is 22.1. The molecule has 0 fully saturated rings. The molecule has 4 aromatic rings. The Kier molecular flexibility index (Phi) is 6.13. The van der Waals surface area contributed by atoms with Crippen molar-refractivity contribution in [2.75, 3.05) is 5.32 Å². The molecule has 0 spiro atoms. The molecular weight excluding hydrogens is 421 g/mol. The number of aromatic nitrogens is 2. The number of aryl methyl sites for hydroxylation is 2. The molecule has 0 aliphatic rings. The maximum Gasteiger partial charge on any atom is 0.244 e. The van der Waals surface area contributed by atoms with E-state index in [2.05, 4.69) is 17.2 Å². The number of nitrogens with zero attached hydrogens (tertiary/aromatic N) is 2. The number of nitrogens with one attached hydrogen (secondary N) is 1. The predicted octanol–water partition coefficient (Wildman–Crippen LogP) is 4.28. The van der Waals surface area contributed by atoms with Crippen LogP contribution in [-0.4, -0.2) is 21.2 Å². The number of carbonyl (C=O) groups is 2. The van der Waals surface area contributed by atoms with E-state index in [1.54, 1.807) is 19.1 Å². The molecule has 33 heavy (non-hydrogen) atoms. The Morgan fingerprint density at radius 1 is 1.00 bits per heavy atom. The Morgan fingerprint density at radius 3 is 2.36 bits per heavy atom. The van der Waals surface area contributed by atoms with E-state index >= 15 is 0 Å². The van der Waals surface area contributed by atoms with Crippen molar-refractivity contribution in [2.24, 2.45) is 0 Å². The van der Waals surface area contributed by atoms with Crippen LogP contribution in [0.25, 0.3) is 11.0 Å². The fourth-order valence-electron chi connectivity index (χ4n) is 3.58. The number of halogens is 1. The SMILES string of the molecule is CCc1ccc(NC(=O)Cn2cc(C(=O)c3ccc(F)cc3)c(=O)c3ccc(C)nc32)cc1. The highest BCUT2D eigenvalue weighted by Crippen LogP contribution is 2.15. The Morgan fingerprint density at radius 2 is 1.70 bits per heavy atom. The molecule has 0 bridgehead atoms. The topological polar surface area (TPSA) is 81.1 Å². The van der Waals surface area contributed by atoms with Gasteiger partial charge < -0.3 is 9.88 Å². The van der Waals surface area contributed by atoms with Crippen molar-refractivity contribution in [3.63, 3.8) is 0 Å². The third-order valence-corrected chi connectivity index (χ3v) is 5.37. The molecule has 0 saturated carbocycles. The normalized spacial score (nSPS) is 10.9. The third kappa shape index (κ3) is 4.72. The van der Waals surface area contributed by atoms with Crippen LogP contribution >= 0.6 is 0 Å². The second-order valence-electron chi connectivity index (χ2n) is 7.76. The molecule has 0 aliphatic heterocycles. The highest BCUT2D eigenvalue weighted by atomic mass is 19.1. The van der Waals surface area contributed by atoms with Crippen molar-refractivity contribution in [2.45, 2.75) is 26.8 Å². The van der Waals surface area contributed by atoms with Crippen molar-refractivity contribution >= 4 is 28.4 Å². The largest absolute Gasteiger partial charge is 0.325 e. The summed E-state index contributed by atoms with van der Waals surface area (Å²) in [6, 6.07) is 15.8. The number of hydrogen-bond donors (Lipinski definition) is 1. The van der Waals surface area contributed by atoms with Crippen LogP contribution in [0.1, 0.15) is 34.1 Å². The van der Waals surface area contributed by atoms with E-state index in [4.69, 9.17) is 0 Å². The smallest absolute Gasteiger partial charge is 0.244 e. The number of ketones is 1. The number of hydrogen-bond acceptors (Lipinski definition) is 4.